The Morgan fingerprint density at radius 1 is 1.11 bits per heavy atom. The van der Waals surface area contributed by atoms with Crippen molar-refractivity contribution in [3.63, 3.8) is 0 Å². The van der Waals surface area contributed by atoms with Crippen LogP contribution in [0.25, 0.3) is 0 Å². The monoisotopic (exact) mass is 362 g/mol. The Balaban J connectivity index is 1.46. The highest BCUT2D eigenvalue weighted by molar-refractivity contribution is 5.92. The second kappa shape index (κ2) is 7.15. The Bertz CT molecular complexity index is 957. The maximum Gasteiger partial charge on any atom is 0.272 e. The van der Waals surface area contributed by atoms with Crippen molar-refractivity contribution in [2.24, 2.45) is 0 Å². The summed E-state index contributed by atoms with van der Waals surface area (Å²) in [6.45, 7) is 2.45. The molecule has 0 saturated heterocycles. The fourth-order valence-corrected chi connectivity index (χ4v) is 3.36. The van der Waals surface area contributed by atoms with Gasteiger partial charge in [-0.15, -0.1) is 10.2 Å². The second-order valence-corrected chi connectivity index (χ2v) is 6.64. The number of amides is 1. The topological polar surface area (TPSA) is 58.1 Å². The van der Waals surface area contributed by atoms with Crippen LogP contribution in [0.5, 0.6) is 0 Å². The summed E-state index contributed by atoms with van der Waals surface area (Å²) in [6, 6.07) is 18.0. The van der Waals surface area contributed by atoms with Gasteiger partial charge in [0, 0.05) is 18.3 Å². The molecular weight excluding hydrogens is 343 g/mol. The van der Waals surface area contributed by atoms with E-state index in [1.807, 2.05) is 18.2 Å². The molecular formula is C21H19FN4O. The van der Waals surface area contributed by atoms with Gasteiger partial charge in [-0.1, -0.05) is 30.3 Å². The van der Waals surface area contributed by atoms with Crippen molar-refractivity contribution in [3.8, 4) is 0 Å². The molecule has 1 aliphatic heterocycles. The van der Waals surface area contributed by atoms with E-state index in [4.69, 9.17) is 0 Å². The van der Waals surface area contributed by atoms with E-state index in [2.05, 4.69) is 39.5 Å². The molecule has 1 atom stereocenters. The van der Waals surface area contributed by atoms with Gasteiger partial charge in [0.1, 0.15) is 5.82 Å². The summed E-state index contributed by atoms with van der Waals surface area (Å²) < 4.78 is 12.9. The first-order chi connectivity index (χ1) is 13.1. The largest absolute Gasteiger partial charge is 0.347 e. The number of hydrogen-bond donors (Lipinski definition) is 1. The molecule has 1 aliphatic rings. The minimum Gasteiger partial charge on any atom is -0.347 e. The molecule has 0 radical (unpaired) electrons. The highest BCUT2D eigenvalue weighted by Crippen LogP contribution is 2.36. The maximum absolute atomic E-state index is 12.9. The zero-order valence-electron chi connectivity index (χ0n) is 14.9. The molecule has 6 heteroatoms. The fraction of sp³-hybridized carbons (Fsp3) is 0.190. The molecule has 1 unspecified atom stereocenters. The van der Waals surface area contributed by atoms with Gasteiger partial charge in [0.25, 0.3) is 5.91 Å². The lowest BCUT2D eigenvalue weighted by Crippen LogP contribution is -2.27. The first-order valence-electron chi connectivity index (χ1n) is 8.85. The summed E-state index contributed by atoms with van der Waals surface area (Å²) >= 11 is 0. The zero-order chi connectivity index (χ0) is 18.8. The molecule has 4 rings (SSSR count). The number of hydrogen-bond acceptors (Lipinski definition) is 4. The predicted octanol–water partition coefficient (Wildman–Crippen LogP) is 3.63. The van der Waals surface area contributed by atoms with Crippen molar-refractivity contribution in [1.82, 2.24) is 15.5 Å². The number of para-hydroxylation sites is 1. The van der Waals surface area contributed by atoms with Gasteiger partial charge in [0.2, 0.25) is 0 Å². The van der Waals surface area contributed by atoms with Gasteiger partial charge in [-0.25, -0.2) is 4.39 Å². The highest BCUT2D eigenvalue weighted by Gasteiger charge is 2.28. The van der Waals surface area contributed by atoms with Crippen LogP contribution in [0.2, 0.25) is 0 Å². The van der Waals surface area contributed by atoms with Gasteiger partial charge in [-0.2, -0.15) is 0 Å². The van der Waals surface area contributed by atoms with Crippen molar-refractivity contribution in [2.75, 3.05) is 4.90 Å². The van der Waals surface area contributed by atoms with Crippen LogP contribution in [0.15, 0.2) is 60.7 Å². The van der Waals surface area contributed by atoms with Gasteiger partial charge in [-0.3, -0.25) is 4.79 Å². The first kappa shape index (κ1) is 17.1. The molecule has 0 aliphatic carbocycles. The number of nitrogens with zero attached hydrogens (tertiary/aromatic N) is 3. The van der Waals surface area contributed by atoms with Crippen molar-refractivity contribution in [3.05, 3.63) is 83.3 Å². The zero-order valence-corrected chi connectivity index (χ0v) is 14.9. The molecule has 1 N–H and O–H groups in total. The summed E-state index contributed by atoms with van der Waals surface area (Å²) in [5.74, 6) is 0.111. The summed E-state index contributed by atoms with van der Waals surface area (Å²) in [6.07, 6.45) is 0.956. The van der Waals surface area contributed by atoms with Crippen molar-refractivity contribution in [1.29, 1.82) is 0 Å². The number of aromatic nitrogens is 2. The smallest absolute Gasteiger partial charge is 0.272 e. The Morgan fingerprint density at radius 2 is 1.89 bits per heavy atom. The van der Waals surface area contributed by atoms with Gasteiger partial charge in [0.15, 0.2) is 11.5 Å². The summed E-state index contributed by atoms with van der Waals surface area (Å²) in [5.41, 5.74) is 3.48. The summed E-state index contributed by atoms with van der Waals surface area (Å²) in [7, 11) is 0. The molecule has 3 aromatic rings. The number of rotatable bonds is 4. The highest BCUT2D eigenvalue weighted by atomic mass is 19.1. The maximum atomic E-state index is 12.9. The molecule has 5 nitrogen and oxygen atoms in total. The average Bonchev–Trinajstić information content (AvgIpc) is 3.03. The van der Waals surface area contributed by atoms with Gasteiger partial charge in [0.05, 0.1) is 0 Å². The first-order valence-corrected chi connectivity index (χ1v) is 8.85. The number of benzene rings is 2. The van der Waals surface area contributed by atoms with E-state index in [0.717, 1.165) is 23.5 Å². The minimum atomic E-state index is -0.312. The van der Waals surface area contributed by atoms with E-state index in [-0.39, 0.29) is 23.5 Å². The number of anilines is 2. The van der Waals surface area contributed by atoms with E-state index in [1.54, 1.807) is 18.2 Å². The number of carbonyl (C=O) groups excluding carboxylic acids is 1. The third kappa shape index (κ3) is 3.51. The molecule has 0 bridgehead atoms. The lowest BCUT2D eigenvalue weighted by atomic mass is 10.1. The molecule has 2 aromatic carbocycles. The molecule has 2 heterocycles. The Hall–Kier alpha value is -3.28. The van der Waals surface area contributed by atoms with Crippen molar-refractivity contribution >= 4 is 17.4 Å². The Kier molecular flexibility index (Phi) is 4.54. The number of carbonyl (C=O) groups is 1. The van der Waals surface area contributed by atoms with E-state index in [1.165, 1.54) is 17.7 Å². The van der Waals surface area contributed by atoms with E-state index >= 15 is 0 Å². The quantitative estimate of drug-likeness (QED) is 0.770. The minimum absolute atomic E-state index is 0.251. The fourth-order valence-electron chi connectivity index (χ4n) is 3.36. The van der Waals surface area contributed by atoms with Crippen LogP contribution in [-0.4, -0.2) is 22.1 Å². The van der Waals surface area contributed by atoms with Crippen LogP contribution in [0, 0.1) is 5.82 Å². The third-order valence-corrected chi connectivity index (χ3v) is 4.70. The molecule has 1 amide bonds. The van der Waals surface area contributed by atoms with E-state index in [9.17, 15) is 9.18 Å². The van der Waals surface area contributed by atoms with Crippen LogP contribution < -0.4 is 10.2 Å². The Labute approximate surface area is 156 Å². The Morgan fingerprint density at radius 3 is 2.63 bits per heavy atom. The van der Waals surface area contributed by atoms with Crippen LogP contribution in [0.1, 0.15) is 28.5 Å². The van der Waals surface area contributed by atoms with Crippen LogP contribution in [0.3, 0.4) is 0 Å². The van der Waals surface area contributed by atoms with Gasteiger partial charge >= 0.3 is 0 Å². The second-order valence-electron chi connectivity index (χ2n) is 6.64. The number of fused-ring (bicyclic) bond motifs is 1. The lowest BCUT2D eigenvalue weighted by Gasteiger charge is -2.23. The molecule has 0 fully saturated rings. The van der Waals surface area contributed by atoms with Crippen LogP contribution >= 0.6 is 0 Å². The number of halogens is 1. The van der Waals surface area contributed by atoms with E-state index < -0.39 is 0 Å². The average molecular weight is 362 g/mol. The normalized spacial score (nSPS) is 15.5. The third-order valence-electron chi connectivity index (χ3n) is 4.70. The number of nitrogens with one attached hydrogen (secondary N) is 1. The molecule has 0 saturated carbocycles. The molecule has 1 aromatic heterocycles. The van der Waals surface area contributed by atoms with Gasteiger partial charge in [-0.05, 0) is 54.8 Å². The summed E-state index contributed by atoms with van der Waals surface area (Å²) in [5, 5.41) is 11.1. The molecule has 0 spiro atoms. The lowest BCUT2D eigenvalue weighted by molar-refractivity contribution is 0.0945. The van der Waals surface area contributed by atoms with Crippen LogP contribution in [-0.2, 0) is 13.0 Å². The standard InChI is InChI=1S/C21H19FN4O/c1-14-12-16-4-2-3-5-19(16)26(14)20-11-10-18(24-25-20)21(27)23-13-15-6-8-17(22)9-7-15/h2-11,14H,12-13H2,1H3,(H,23,27). The van der Waals surface area contributed by atoms with E-state index in [0.29, 0.717) is 6.54 Å². The SMILES string of the molecule is CC1Cc2ccccc2N1c1ccc(C(=O)NCc2ccc(F)cc2)nn1. The molecule has 27 heavy (non-hydrogen) atoms. The summed E-state index contributed by atoms with van der Waals surface area (Å²) in [4.78, 5) is 14.4. The van der Waals surface area contributed by atoms with Crippen molar-refractivity contribution in [2.45, 2.75) is 25.9 Å². The van der Waals surface area contributed by atoms with Crippen LogP contribution in [0.4, 0.5) is 15.9 Å². The molecule has 136 valence electrons. The predicted molar refractivity (Wildman–Crippen MR) is 101 cm³/mol. The van der Waals surface area contributed by atoms with Gasteiger partial charge < -0.3 is 10.2 Å². The van der Waals surface area contributed by atoms with Crippen molar-refractivity contribution < 1.29 is 9.18 Å².